The molecule has 5 nitrogen and oxygen atoms in total. The van der Waals surface area contributed by atoms with Crippen LogP contribution in [0.2, 0.25) is 0 Å². The van der Waals surface area contributed by atoms with E-state index in [1.54, 1.807) is 0 Å². The monoisotopic (exact) mass is 256 g/mol. The Bertz CT molecular complexity index is 482. The molecule has 1 N–H and O–H groups in total. The molecule has 0 radical (unpaired) electrons. The first kappa shape index (κ1) is 13.8. The molecule has 0 unspecified atom stereocenters. The molecule has 0 saturated heterocycles. The summed E-state index contributed by atoms with van der Waals surface area (Å²) in [6.45, 7) is 0. The van der Waals surface area contributed by atoms with E-state index in [0.29, 0.717) is 5.75 Å². The molecule has 0 aliphatic rings. The normalized spacial score (nSPS) is 11.0. The minimum absolute atomic E-state index is 0.202. The van der Waals surface area contributed by atoms with Crippen molar-refractivity contribution in [3.63, 3.8) is 0 Å². The van der Waals surface area contributed by atoms with Gasteiger partial charge in [-0.3, -0.25) is 0 Å². The van der Waals surface area contributed by atoms with Crippen molar-refractivity contribution in [2.24, 2.45) is 0 Å². The summed E-state index contributed by atoms with van der Waals surface area (Å²) in [7, 11) is 4.22. The molecule has 0 saturated carbocycles. The van der Waals surface area contributed by atoms with Gasteiger partial charge in [0.05, 0.1) is 21.3 Å². The van der Waals surface area contributed by atoms with Crippen LogP contribution in [0.1, 0.15) is 5.56 Å². The van der Waals surface area contributed by atoms with Crippen LogP contribution < -0.4 is 14.2 Å². The zero-order chi connectivity index (χ0) is 13.7. The highest BCUT2D eigenvalue weighted by atomic mass is 19.1. The van der Waals surface area contributed by atoms with E-state index in [1.165, 1.54) is 33.5 Å². The Morgan fingerprint density at radius 1 is 1.17 bits per heavy atom. The minimum atomic E-state index is -1.65. The third kappa shape index (κ3) is 2.71. The van der Waals surface area contributed by atoms with Gasteiger partial charge in [-0.1, -0.05) is 0 Å². The second-order valence-electron chi connectivity index (χ2n) is 3.22. The smallest absolute Gasteiger partial charge is 0.364 e. The summed E-state index contributed by atoms with van der Waals surface area (Å²) in [5, 5.41) is 8.49. The van der Waals surface area contributed by atoms with Crippen LogP contribution in [0.4, 0.5) is 4.39 Å². The van der Waals surface area contributed by atoms with Crippen molar-refractivity contribution in [3.8, 4) is 17.2 Å². The quantitative estimate of drug-likeness (QED) is 0.817. The van der Waals surface area contributed by atoms with Crippen molar-refractivity contribution in [3.05, 3.63) is 23.5 Å². The van der Waals surface area contributed by atoms with Crippen molar-refractivity contribution in [1.29, 1.82) is 0 Å². The largest absolute Gasteiger partial charge is 0.493 e. The van der Waals surface area contributed by atoms with Gasteiger partial charge < -0.3 is 19.3 Å². The number of aliphatic carboxylic acids is 1. The van der Waals surface area contributed by atoms with Crippen LogP contribution >= 0.6 is 0 Å². The number of ether oxygens (including phenoxy) is 3. The number of halogens is 1. The topological polar surface area (TPSA) is 65.0 Å². The highest BCUT2D eigenvalue weighted by molar-refractivity contribution is 5.90. The fourth-order valence-electron chi connectivity index (χ4n) is 1.44. The third-order valence-corrected chi connectivity index (χ3v) is 2.22. The standard InChI is InChI=1S/C12H13FO5/c1-16-9-5-4-7(6-8(13)12(14)15)10(17-2)11(9)18-3/h4-6H,1-3H3,(H,14,15). The van der Waals surface area contributed by atoms with E-state index in [-0.39, 0.29) is 17.1 Å². The lowest BCUT2D eigenvalue weighted by Crippen LogP contribution is -1.98. The van der Waals surface area contributed by atoms with E-state index < -0.39 is 11.8 Å². The van der Waals surface area contributed by atoms with Crippen LogP contribution in [0.15, 0.2) is 18.0 Å². The van der Waals surface area contributed by atoms with E-state index in [9.17, 15) is 9.18 Å². The molecule has 98 valence electrons. The SMILES string of the molecule is COc1ccc(C=C(F)C(=O)O)c(OC)c1OC. The molecule has 0 bridgehead atoms. The number of benzene rings is 1. The second kappa shape index (κ2) is 5.90. The number of methoxy groups -OCH3 is 3. The molecule has 1 rings (SSSR count). The molecule has 6 heteroatoms. The lowest BCUT2D eigenvalue weighted by molar-refractivity contribution is -0.134. The van der Waals surface area contributed by atoms with Crippen LogP contribution in [0.5, 0.6) is 17.2 Å². The Balaban J connectivity index is 3.38. The molecular weight excluding hydrogens is 243 g/mol. The van der Waals surface area contributed by atoms with E-state index in [4.69, 9.17) is 19.3 Å². The highest BCUT2D eigenvalue weighted by Gasteiger charge is 2.16. The molecule has 0 aliphatic carbocycles. The fourth-order valence-corrected chi connectivity index (χ4v) is 1.44. The first-order valence-corrected chi connectivity index (χ1v) is 4.94. The van der Waals surface area contributed by atoms with Gasteiger partial charge in [-0.15, -0.1) is 0 Å². The molecular formula is C12H13FO5. The van der Waals surface area contributed by atoms with Crippen LogP contribution in [0, 0.1) is 0 Å². The summed E-state index contributed by atoms with van der Waals surface area (Å²) in [5.74, 6) is -2.06. The van der Waals surface area contributed by atoms with Crippen LogP contribution in [-0.2, 0) is 4.79 Å². The van der Waals surface area contributed by atoms with Gasteiger partial charge in [-0.05, 0) is 18.2 Å². The van der Waals surface area contributed by atoms with Gasteiger partial charge >= 0.3 is 5.97 Å². The second-order valence-corrected chi connectivity index (χ2v) is 3.22. The average molecular weight is 256 g/mol. The van der Waals surface area contributed by atoms with Crippen molar-refractivity contribution in [1.82, 2.24) is 0 Å². The Kier molecular flexibility index (Phi) is 4.53. The number of hydrogen-bond acceptors (Lipinski definition) is 4. The zero-order valence-electron chi connectivity index (χ0n) is 10.2. The summed E-state index contributed by atoms with van der Waals surface area (Å²) in [4.78, 5) is 10.4. The summed E-state index contributed by atoms with van der Waals surface area (Å²) in [5.41, 5.74) is 0.245. The van der Waals surface area contributed by atoms with Crippen molar-refractivity contribution < 1.29 is 28.5 Å². The zero-order valence-corrected chi connectivity index (χ0v) is 10.2. The maximum absolute atomic E-state index is 13.1. The van der Waals surface area contributed by atoms with E-state index in [0.717, 1.165) is 6.08 Å². The Labute approximate surface area is 103 Å². The van der Waals surface area contributed by atoms with Gasteiger partial charge in [0, 0.05) is 5.56 Å². The molecule has 18 heavy (non-hydrogen) atoms. The molecule has 0 amide bonds. The number of carboxylic acid groups (broad SMARTS) is 1. The van der Waals surface area contributed by atoms with Crippen molar-refractivity contribution in [2.45, 2.75) is 0 Å². The minimum Gasteiger partial charge on any atom is -0.493 e. The Morgan fingerprint density at radius 2 is 1.78 bits per heavy atom. The van der Waals surface area contributed by atoms with E-state index in [2.05, 4.69) is 0 Å². The molecule has 0 fully saturated rings. The van der Waals surface area contributed by atoms with Crippen LogP contribution in [-0.4, -0.2) is 32.4 Å². The third-order valence-electron chi connectivity index (χ3n) is 2.22. The van der Waals surface area contributed by atoms with Gasteiger partial charge in [0.15, 0.2) is 11.5 Å². The molecule has 0 spiro atoms. The van der Waals surface area contributed by atoms with Crippen molar-refractivity contribution >= 4 is 12.0 Å². The lowest BCUT2D eigenvalue weighted by atomic mass is 10.1. The lowest BCUT2D eigenvalue weighted by Gasteiger charge is -2.13. The van der Waals surface area contributed by atoms with Gasteiger partial charge in [-0.25, -0.2) is 4.79 Å². The maximum Gasteiger partial charge on any atom is 0.364 e. The molecule has 0 atom stereocenters. The predicted octanol–water partition coefficient (Wildman–Crippen LogP) is 2.11. The van der Waals surface area contributed by atoms with Gasteiger partial charge in [0.25, 0.3) is 0 Å². The Hall–Kier alpha value is -2.24. The average Bonchev–Trinajstić information content (AvgIpc) is 2.37. The highest BCUT2D eigenvalue weighted by Crippen LogP contribution is 2.40. The van der Waals surface area contributed by atoms with Crippen LogP contribution in [0.3, 0.4) is 0 Å². The fraction of sp³-hybridized carbons (Fsp3) is 0.250. The molecule has 0 aliphatic heterocycles. The number of carboxylic acids is 1. The maximum atomic E-state index is 13.1. The molecule has 1 aromatic rings. The number of carbonyl (C=O) groups is 1. The number of hydrogen-bond donors (Lipinski definition) is 1. The molecule has 0 heterocycles. The number of rotatable bonds is 5. The summed E-state index contributed by atoms with van der Waals surface area (Å²) < 4.78 is 28.3. The predicted molar refractivity (Wildman–Crippen MR) is 62.8 cm³/mol. The first-order chi connectivity index (χ1) is 8.54. The first-order valence-electron chi connectivity index (χ1n) is 4.94. The Morgan fingerprint density at radius 3 is 2.22 bits per heavy atom. The van der Waals surface area contributed by atoms with Gasteiger partial charge in [0.2, 0.25) is 11.6 Å². The van der Waals surface area contributed by atoms with Crippen molar-refractivity contribution in [2.75, 3.05) is 21.3 Å². The van der Waals surface area contributed by atoms with E-state index >= 15 is 0 Å². The summed E-state index contributed by atoms with van der Waals surface area (Å²) >= 11 is 0. The summed E-state index contributed by atoms with van der Waals surface area (Å²) in [6.07, 6.45) is 0.850. The molecule has 0 aromatic heterocycles. The van der Waals surface area contributed by atoms with E-state index in [1.807, 2.05) is 0 Å². The summed E-state index contributed by atoms with van der Waals surface area (Å²) in [6, 6.07) is 3.00. The van der Waals surface area contributed by atoms with Gasteiger partial charge in [-0.2, -0.15) is 4.39 Å². The molecule has 1 aromatic carbocycles. The van der Waals surface area contributed by atoms with Gasteiger partial charge in [0.1, 0.15) is 0 Å². The van der Waals surface area contributed by atoms with Crippen LogP contribution in [0.25, 0.3) is 6.08 Å².